The fourth-order valence-electron chi connectivity index (χ4n) is 5.14. The summed E-state index contributed by atoms with van der Waals surface area (Å²) >= 11 is 0. The van der Waals surface area contributed by atoms with Crippen molar-refractivity contribution < 1.29 is 27.8 Å². The molecule has 2 aliphatic carbocycles. The minimum Gasteiger partial charge on any atom is -0.490 e. The number of nitrogens with one attached hydrogen (secondary N) is 1. The number of halogens is 3. The van der Waals surface area contributed by atoms with E-state index in [4.69, 9.17) is 4.74 Å². The summed E-state index contributed by atoms with van der Waals surface area (Å²) in [5.41, 5.74) is -0.0172. The maximum absolute atomic E-state index is 14.3. The third-order valence-corrected chi connectivity index (χ3v) is 7.58. The highest BCUT2D eigenvalue weighted by molar-refractivity contribution is 5.73. The van der Waals surface area contributed by atoms with E-state index < -0.39 is 29.0 Å². The Morgan fingerprint density at radius 3 is 2.44 bits per heavy atom. The lowest BCUT2D eigenvalue weighted by molar-refractivity contribution is -0.155. The lowest BCUT2D eigenvalue weighted by Crippen LogP contribution is -2.59. The first-order valence-electron chi connectivity index (χ1n) is 12.0. The minimum absolute atomic E-state index is 0.0127. The van der Waals surface area contributed by atoms with Crippen LogP contribution in [0.4, 0.5) is 13.2 Å². The van der Waals surface area contributed by atoms with Crippen molar-refractivity contribution >= 4 is 18.1 Å². The minimum atomic E-state index is -4.58. The number of carbonyl (C=O) groups is 1. The van der Waals surface area contributed by atoms with Crippen LogP contribution in [0.1, 0.15) is 76.5 Å². The van der Waals surface area contributed by atoms with Crippen LogP contribution in [-0.2, 0) is 11.0 Å². The van der Waals surface area contributed by atoms with E-state index in [1.54, 1.807) is 19.1 Å². The molecule has 0 radical (unpaired) electrons. The van der Waals surface area contributed by atoms with Crippen molar-refractivity contribution in [1.29, 1.82) is 0 Å². The molecule has 2 aliphatic rings. The molecule has 2 fully saturated rings. The van der Waals surface area contributed by atoms with Gasteiger partial charge in [-0.05, 0) is 67.6 Å². The average Bonchev–Trinajstić information content (AvgIpc) is 2.73. The van der Waals surface area contributed by atoms with Crippen molar-refractivity contribution in [3.8, 4) is 5.75 Å². The molecule has 2 N–H and O–H groups in total. The zero-order valence-corrected chi connectivity index (χ0v) is 20.5. The largest absolute Gasteiger partial charge is 0.490 e. The van der Waals surface area contributed by atoms with Crippen molar-refractivity contribution in [2.24, 2.45) is 17.3 Å². The molecule has 34 heavy (non-hydrogen) atoms. The molecule has 0 bridgehead atoms. The number of aliphatic carboxylic acids is 1. The van der Waals surface area contributed by atoms with Gasteiger partial charge in [0.1, 0.15) is 11.3 Å². The van der Waals surface area contributed by atoms with Crippen LogP contribution in [0.3, 0.4) is 0 Å². The molecule has 188 valence electrons. The van der Waals surface area contributed by atoms with Gasteiger partial charge >= 0.3 is 12.1 Å². The monoisotopic (exact) mass is 479 g/mol. The van der Waals surface area contributed by atoms with Gasteiger partial charge in [-0.25, -0.2) is 0 Å². The number of rotatable bonds is 8. The van der Waals surface area contributed by atoms with Crippen LogP contribution in [0, 0.1) is 17.3 Å². The van der Waals surface area contributed by atoms with Gasteiger partial charge in [-0.15, -0.1) is 0 Å². The van der Waals surface area contributed by atoms with Crippen molar-refractivity contribution in [3.05, 3.63) is 41.0 Å². The highest BCUT2D eigenvalue weighted by atomic mass is 19.4. The molecular weight excluding hydrogens is 443 g/mol. The quantitative estimate of drug-likeness (QED) is 0.431. The number of hydrogen-bond acceptors (Lipinski definition) is 3. The van der Waals surface area contributed by atoms with Crippen molar-refractivity contribution in [2.75, 3.05) is 6.54 Å². The number of hydrogen-bond donors (Lipinski definition) is 2. The van der Waals surface area contributed by atoms with Gasteiger partial charge in [0.2, 0.25) is 0 Å². The van der Waals surface area contributed by atoms with E-state index in [2.05, 4.69) is 18.8 Å². The second-order valence-electron chi connectivity index (χ2n) is 10.5. The number of ether oxygens (including phenoxy) is 1. The molecule has 1 aromatic rings. The normalized spacial score (nSPS) is 27.1. The SMILES string of the molecule is C=Cc1ccc(OC2CCC(C)CC2)c(C(F)(F)F)c1/C=C(\C)CNC1CC(C(=O)O)C1(C)C. The van der Waals surface area contributed by atoms with Crippen LogP contribution >= 0.6 is 0 Å². The van der Waals surface area contributed by atoms with E-state index in [0.717, 1.165) is 25.7 Å². The molecule has 0 heterocycles. The standard InChI is InChI=1S/C27H36F3NO3/c1-6-18-9-12-22(34-19-10-7-16(2)8-11-19)24(27(28,29)30)20(18)13-17(3)15-31-23-14-21(25(32)33)26(23,4)5/h6,9,12-13,16,19,21,23,31H,1,7-8,10-11,14-15H2,2-5H3,(H,32,33)/b17-13+. The number of alkyl halides is 3. The van der Waals surface area contributed by atoms with Gasteiger partial charge in [-0.1, -0.05) is 51.1 Å². The van der Waals surface area contributed by atoms with Crippen LogP contribution < -0.4 is 10.1 Å². The molecule has 0 spiro atoms. The van der Waals surface area contributed by atoms with Gasteiger partial charge in [-0.3, -0.25) is 4.79 Å². The Bertz CT molecular complexity index is 943. The van der Waals surface area contributed by atoms with Crippen LogP contribution in [0.5, 0.6) is 5.75 Å². The first kappa shape index (κ1) is 26.3. The molecule has 2 saturated carbocycles. The molecule has 1 aromatic carbocycles. The van der Waals surface area contributed by atoms with E-state index in [-0.39, 0.29) is 23.5 Å². The second kappa shape index (κ2) is 10.1. The summed E-state index contributed by atoms with van der Waals surface area (Å²) in [6.07, 6.45) is 2.10. The summed E-state index contributed by atoms with van der Waals surface area (Å²) in [6, 6.07) is 3.02. The highest BCUT2D eigenvalue weighted by Crippen LogP contribution is 2.46. The predicted octanol–water partition coefficient (Wildman–Crippen LogP) is 6.80. The Balaban J connectivity index is 1.84. The van der Waals surface area contributed by atoms with Crippen molar-refractivity contribution in [3.63, 3.8) is 0 Å². The average molecular weight is 480 g/mol. The van der Waals surface area contributed by atoms with Gasteiger partial charge in [0, 0.05) is 12.6 Å². The van der Waals surface area contributed by atoms with Crippen molar-refractivity contribution in [1.82, 2.24) is 5.32 Å². The molecular formula is C27H36F3NO3. The van der Waals surface area contributed by atoms with E-state index >= 15 is 0 Å². The van der Waals surface area contributed by atoms with Crippen LogP contribution in [-0.4, -0.2) is 29.8 Å². The van der Waals surface area contributed by atoms with Crippen LogP contribution in [0.25, 0.3) is 12.2 Å². The molecule has 3 rings (SSSR count). The second-order valence-corrected chi connectivity index (χ2v) is 10.5. The van der Waals surface area contributed by atoms with Crippen LogP contribution in [0.2, 0.25) is 0 Å². The lowest BCUT2D eigenvalue weighted by Gasteiger charge is -2.50. The van der Waals surface area contributed by atoms with Gasteiger partial charge < -0.3 is 15.2 Å². The van der Waals surface area contributed by atoms with E-state index in [1.165, 1.54) is 12.1 Å². The predicted molar refractivity (Wildman–Crippen MR) is 129 cm³/mol. The Kier molecular flexibility index (Phi) is 7.85. The topological polar surface area (TPSA) is 58.6 Å². The number of benzene rings is 1. The number of carboxylic acid groups (broad SMARTS) is 1. The van der Waals surface area contributed by atoms with E-state index in [1.807, 2.05) is 13.8 Å². The van der Waals surface area contributed by atoms with Gasteiger partial charge in [0.05, 0.1) is 12.0 Å². The maximum Gasteiger partial charge on any atom is 0.420 e. The van der Waals surface area contributed by atoms with Gasteiger partial charge in [0.25, 0.3) is 0 Å². The molecule has 2 unspecified atom stereocenters. The smallest absolute Gasteiger partial charge is 0.420 e. The van der Waals surface area contributed by atoms with E-state index in [9.17, 15) is 23.1 Å². The first-order valence-corrected chi connectivity index (χ1v) is 12.0. The third-order valence-electron chi connectivity index (χ3n) is 7.58. The molecule has 0 saturated heterocycles. The summed E-state index contributed by atoms with van der Waals surface area (Å²) in [5, 5.41) is 12.6. The fourth-order valence-corrected chi connectivity index (χ4v) is 5.14. The molecule has 4 nitrogen and oxygen atoms in total. The van der Waals surface area contributed by atoms with Crippen LogP contribution in [0.15, 0.2) is 24.3 Å². The summed E-state index contributed by atoms with van der Waals surface area (Å²) < 4.78 is 48.7. The van der Waals surface area contributed by atoms with Gasteiger partial charge in [-0.2, -0.15) is 13.2 Å². The van der Waals surface area contributed by atoms with E-state index in [0.29, 0.717) is 30.0 Å². The summed E-state index contributed by atoms with van der Waals surface area (Å²) in [7, 11) is 0. The van der Waals surface area contributed by atoms with Gasteiger partial charge in [0.15, 0.2) is 0 Å². The molecule has 0 amide bonds. The Morgan fingerprint density at radius 2 is 1.91 bits per heavy atom. The third kappa shape index (κ3) is 5.68. The lowest BCUT2D eigenvalue weighted by atomic mass is 9.58. The Morgan fingerprint density at radius 1 is 1.26 bits per heavy atom. The van der Waals surface area contributed by atoms with Crippen molar-refractivity contribution in [2.45, 2.75) is 78.1 Å². The molecule has 0 aromatic heterocycles. The molecule has 0 aliphatic heterocycles. The summed E-state index contributed by atoms with van der Waals surface area (Å²) in [6.45, 7) is 11.8. The fraction of sp³-hybridized carbons (Fsp3) is 0.593. The Labute approximate surface area is 200 Å². The molecule has 7 heteroatoms. The maximum atomic E-state index is 14.3. The highest BCUT2D eigenvalue weighted by Gasteiger charge is 2.51. The first-order chi connectivity index (χ1) is 15.8. The zero-order valence-electron chi connectivity index (χ0n) is 20.5. The summed E-state index contributed by atoms with van der Waals surface area (Å²) in [5.74, 6) is -0.792. The molecule has 2 atom stereocenters. The number of carboxylic acids is 1. The Hall–Kier alpha value is -2.28. The summed E-state index contributed by atoms with van der Waals surface area (Å²) in [4.78, 5) is 11.3. The zero-order chi connectivity index (χ0) is 25.3.